The SMILES string of the molecule is C[Si](C)(C)CCOCn1cc(-c2cccc(C#N)c2)c2c(N3CCOCC3)c(C#N)cnc21. The molecule has 1 aliphatic heterocycles. The van der Waals surface area contributed by atoms with Crippen LogP contribution in [-0.4, -0.2) is 50.5 Å². The van der Waals surface area contributed by atoms with Crippen molar-refractivity contribution in [3.63, 3.8) is 0 Å². The number of hydrogen-bond acceptors (Lipinski definition) is 6. The van der Waals surface area contributed by atoms with Crippen molar-refractivity contribution in [2.75, 3.05) is 37.8 Å². The molecule has 3 aromatic rings. The molecule has 0 spiro atoms. The summed E-state index contributed by atoms with van der Waals surface area (Å²) >= 11 is 0. The van der Waals surface area contributed by atoms with Gasteiger partial charge < -0.3 is 18.9 Å². The molecule has 0 bridgehead atoms. The summed E-state index contributed by atoms with van der Waals surface area (Å²) in [5.74, 6) is 0. The van der Waals surface area contributed by atoms with Gasteiger partial charge in [0.2, 0.25) is 0 Å². The maximum atomic E-state index is 9.89. The van der Waals surface area contributed by atoms with E-state index < -0.39 is 8.07 Å². The number of hydrogen-bond donors (Lipinski definition) is 0. The molecule has 0 aliphatic carbocycles. The van der Waals surface area contributed by atoms with Gasteiger partial charge in [0.1, 0.15) is 18.4 Å². The largest absolute Gasteiger partial charge is 0.378 e. The van der Waals surface area contributed by atoms with Crippen LogP contribution in [0.5, 0.6) is 0 Å². The van der Waals surface area contributed by atoms with Crippen molar-refractivity contribution >= 4 is 24.8 Å². The molecule has 1 aliphatic rings. The summed E-state index contributed by atoms with van der Waals surface area (Å²) in [6.07, 6.45) is 3.69. The molecule has 7 nitrogen and oxygen atoms in total. The molecule has 2 aromatic heterocycles. The zero-order chi connectivity index (χ0) is 23.4. The number of nitriles is 2. The van der Waals surface area contributed by atoms with Gasteiger partial charge >= 0.3 is 0 Å². The lowest BCUT2D eigenvalue weighted by Crippen LogP contribution is -2.36. The Kier molecular flexibility index (Phi) is 6.80. The zero-order valence-corrected chi connectivity index (χ0v) is 20.5. The van der Waals surface area contributed by atoms with Gasteiger partial charge in [0, 0.05) is 45.7 Å². The molecule has 170 valence electrons. The van der Waals surface area contributed by atoms with E-state index in [0.717, 1.165) is 33.9 Å². The summed E-state index contributed by atoms with van der Waals surface area (Å²) in [7, 11) is -1.19. The maximum Gasteiger partial charge on any atom is 0.144 e. The van der Waals surface area contributed by atoms with Crippen molar-refractivity contribution in [1.29, 1.82) is 10.5 Å². The van der Waals surface area contributed by atoms with E-state index in [1.165, 1.54) is 0 Å². The Morgan fingerprint density at radius 3 is 2.64 bits per heavy atom. The van der Waals surface area contributed by atoms with Crippen molar-refractivity contribution in [2.45, 2.75) is 32.4 Å². The van der Waals surface area contributed by atoms with Crippen molar-refractivity contribution in [2.24, 2.45) is 0 Å². The Bertz CT molecular complexity index is 1230. The number of rotatable bonds is 7. The summed E-state index contributed by atoms with van der Waals surface area (Å²) in [6.45, 7) is 10.8. The molecule has 0 atom stereocenters. The van der Waals surface area contributed by atoms with Gasteiger partial charge in [-0.1, -0.05) is 31.8 Å². The lowest BCUT2D eigenvalue weighted by Gasteiger charge is -2.30. The highest BCUT2D eigenvalue weighted by Gasteiger charge is 2.24. The molecular formula is C25H29N5O2Si. The number of pyridine rings is 1. The first-order chi connectivity index (χ1) is 15.9. The van der Waals surface area contributed by atoms with Gasteiger partial charge in [-0.3, -0.25) is 0 Å². The minimum Gasteiger partial charge on any atom is -0.378 e. The molecule has 1 fully saturated rings. The average molecular weight is 460 g/mol. The Balaban J connectivity index is 1.84. The number of fused-ring (bicyclic) bond motifs is 1. The zero-order valence-electron chi connectivity index (χ0n) is 19.5. The molecule has 0 radical (unpaired) electrons. The van der Waals surface area contributed by atoms with E-state index in [1.54, 1.807) is 12.3 Å². The molecular weight excluding hydrogens is 430 g/mol. The Hall–Kier alpha value is -3.17. The number of morpholine rings is 1. The maximum absolute atomic E-state index is 9.89. The van der Waals surface area contributed by atoms with E-state index in [2.05, 4.69) is 41.7 Å². The van der Waals surface area contributed by atoms with Gasteiger partial charge in [-0.15, -0.1) is 0 Å². The topological polar surface area (TPSA) is 87.1 Å². The van der Waals surface area contributed by atoms with E-state index in [-0.39, 0.29) is 0 Å². The van der Waals surface area contributed by atoms with Crippen LogP contribution in [0.2, 0.25) is 25.7 Å². The Morgan fingerprint density at radius 2 is 1.94 bits per heavy atom. The van der Waals surface area contributed by atoms with Crippen LogP contribution >= 0.6 is 0 Å². The van der Waals surface area contributed by atoms with Crippen molar-refractivity contribution < 1.29 is 9.47 Å². The third-order valence-corrected chi connectivity index (χ3v) is 7.54. The minimum absolute atomic E-state index is 0.389. The first-order valence-corrected chi connectivity index (χ1v) is 14.9. The van der Waals surface area contributed by atoms with E-state index >= 15 is 0 Å². The van der Waals surface area contributed by atoms with Gasteiger partial charge in [-0.2, -0.15) is 10.5 Å². The fourth-order valence-electron chi connectivity index (χ4n) is 4.05. The molecule has 33 heavy (non-hydrogen) atoms. The molecule has 8 heteroatoms. The molecule has 0 N–H and O–H groups in total. The summed E-state index contributed by atoms with van der Waals surface area (Å²) in [5, 5.41) is 20.2. The third kappa shape index (κ3) is 5.09. The second-order valence-corrected chi connectivity index (χ2v) is 15.1. The molecule has 0 unspecified atom stereocenters. The van der Waals surface area contributed by atoms with E-state index in [0.29, 0.717) is 50.8 Å². The molecule has 1 saturated heterocycles. The van der Waals surface area contributed by atoms with Crippen LogP contribution in [0.1, 0.15) is 11.1 Å². The van der Waals surface area contributed by atoms with Gasteiger partial charge in [0.15, 0.2) is 0 Å². The monoisotopic (exact) mass is 459 g/mol. The van der Waals surface area contributed by atoms with E-state index in [4.69, 9.17) is 9.47 Å². The number of anilines is 1. The van der Waals surface area contributed by atoms with Crippen LogP contribution in [0, 0.1) is 22.7 Å². The first kappa shape index (κ1) is 23.0. The molecule has 0 amide bonds. The normalized spacial score (nSPS) is 14.3. The number of benzene rings is 1. The smallest absolute Gasteiger partial charge is 0.144 e. The molecule has 1 aromatic carbocycles. The lowest BCUT2D eigenvalue weighted by atomic mass is 10.0. The van der Waals surface area contributed by atoms with Crippen LogP contribution in [0.25, 0.3) is 22.2 Å². The Labute approximate surface area is 195 Å². The van der Waals surface area contributed by atoms with E-state index in [9.17, 15) is 10.5 Å². The number of ether oxygens (including phenoxy) is 2. The fraction of sp³-hybridized carbons (Fsp3) is 0.400. The predicted molar refractivity (Wildman–Crippen MR) is 132 cm³/mol. The van der Waals surface area contributed by atoms with Gasteiger partial charge in [0.05, 0.1) is 41.5 Å². The highest BCUT2D eigenvalue weighted by atomic mass is 28.3. The summed E-state index contributed by atoms with van der Waals surface area (Å²) < 4.78 is 13.6. The second kappa shape index (κ2) is 9.76. The van der Waals surface area contributed by atoms with Crippen LogP contribution < -0.4 is 4.90 Å². The lowest BCUT2D eigenvalue weighted by molar-refractivity contribution is 0.0899. The highest BCUT2D eigenvalue weighted by Crippen LogP contribution is 2.39. The third-order valence-electron chi connectivity index (χ3n) is 5.84. The quantitative estimate of drug-likeness (QED) is 0.379. The molecule has 0 saturated carbocycles. The molecule has 3 heterocycles. The highest BCUT2D eigenvalue weighted by molar-refractivity contribution is 6.76. The van der Waals surface area contributed by atoms with Crippen LogP contribution in [0.3, 0.4) is 0 Å². The summed E-state index contributed by atoms with van der Waals surface area (Å²) in [6, 6.07) is 13.2. The predicted octanol–water partition coefficient (Wildman–Crippen LogP) is 4.60. The average Bonchev–Trinajstić information content (AvgIpc) is 3.20. The minimum atomic E-state index is -1.19. The summed E-state index contributed by atoms with van der Waals surface area (Å²) in [5.41, 5.74) is 4.66. The number of aromatic nitrogens is 2. The number of nitrogens with zero attached hydrogens (tertiary/aromatic N) is 5. The Morgan fingerprint density at radius 1 is 1.15 bits per heavy atom. The first-order valence-electron chi connectivity index (χ1n) is 11.2. The van der Waals surface area contributed by atoms with Gasteiger partial charge in [-0.05, 0) is 23.7 Å². The van der Waals surface area contributed by atoms with Crippen molar-refractivity contribution in [1.82, 2.24) is 9.55 Å². The molecule has 4 rings (SSSR count). The summed E-state index contributed by atoms with van der Waals surface area (Å²) in [4.78, 5) is 6.88. The van der Waals surface area contributed by atoms with Crippen LogP contribution in [-0.2, 0) is 16.2 Å². The van der Waals surface area contributed by atoms with Gasteiger partial charge in [0.25, 0.3) is 0 Å². The van der Waals surface area contributed by atoms with Crippen molar-refractivity contribution in [3.05, 3.63) is 47.8 Å². The van der Waals surface area contributed by atoms with Crippen LogP contribution in [0.4, 0.5) is 5.69 Å². The standard InChI is InChI=1S/C25H29N5O2Si/c1-33(2,3)12-11-32-18-30-17-22(20-6-4-5-19(13-20)14-26)23-24(29-7-9-31-10-8-29)21(15-27)16-28-25(23)30/h4-6,13,16-17H,7-12,18H2,1-3H3. The second-order valence-electron chi connectivity index (χ2n) is 9.48. The van der Waals surface area contributed by atoms with Crippen LogP contribution in [0.15, 0.2) is 36.7 Å². The van der Waals surface area contributed by atoms with Gasteiger partial charge in [-0.25, -0.2) is 4.98 Å². The fourth-order valence-corrected chi connectivity index (χ4v) is 4.81. The van der Waals surface area contributed by atoms with Crippen molar-refractivity contribution in [3.8, 4) is 23.3 Å². The van der Waals surface area contributed by atoms with E-state index in [1.807, 2.05) is 29.0 Å².